The van der Waals surface area contributed by atoms with E-state index in [0.717, 1.165) is 69.8 Å². The smallest absolute Gasteiger partial charge is 0.290 e. The Bertz CT molecular complexity index is 1260. The van der Waals surface area contributed by atoms with Gasteiger partial charge in [-0.1, -0.05) is 44.0 Å². The van der Waals surface area contributed by atoms with Crippen molar-refractivity contribution >= 4 is 16.9 Å². The molecule has 2 aliphatic rings. The van der Waals surface area contributed by atoms with Crippen LogP contribution in [0.1, 0.15) is 60.3 Å². The van der Waals surface area contributed by atoms with Crippen LogP contribution >= 0.6 is 0 Å². The number of unbranched alkanes of at least 4 members (excludes halogenated alkanes) is 2. The summed E-state index contributed by atoms with van der Waals surface area (Å²) in [4.78, 5) is 31.4. The molecule has 5 rings (SSSR count). The lowest BCUT2D eigenvalue weighted by atomic mass is 9.98. The largest absolute Gasteiger partial charge is 0.494 e. The standard InChI is InChI=1S/C29H34N2O5/c1-2-3-6-17-35-22-10-7-9-21(20-22)26-25-27(32)23-11-4-5-12-24(23)36-28(25)29(33)31(26)14-8-13-30-15-18-34-19-16-30/h4-5,7,9-12,20,26H,2-3,6,8,13-19H2,1H3/t26-/m0/s1. The number of rotatable bonds is 10. The van der Waals surface area contributed by atoms with Crippen LogP contribution < -0.4 is 10.2 Å². The van der Waals surface area contributed by atoms with Crippen LogP contribution in [0, 0.1) is 0 Å². The van der Waals surface area contributed by atoms with Crippen LogP contribution in [-0.2, 0) is 4.74 Å². The lowest BCUT2D eigenvalue weighted by molar-refractivity contribution is 0.0353. The number of fused-ring (bicyclic) bond motifs is 2. The van der Waals surface area contributed by atoms with Crippen molar-refractivity contribution in [1.29, 1.82) is 0 Å². The molecule has 1 atom stereocenters. The van der Waals surface area contributed by atoms with Gasteiger partial charge in [0.2, 0.25) is 5.76 Å². The number of amides is 1. The van der Waals surface area contributed by atoms with Crippen molar-refractivity contribution in [2.75, 3.05) is 46.0 Å². The molecule has 3 heterocycles. The molecular formula is C29H34N2O5. The summed E-state index contributed by atoms with van der Waals surface area (Å²) >= 11 is 0. The third-order valence-electron chi connectivity index (χ3n) is 7.04. The zero-order valence-corrected chi connectivity index (χ0v) is 20.9. The molecule has 0 N–H and O–H groups in total. The third-order valence-corrected chi connectivity index (χ3v) is 7.04. The maximum Gasteiger partial charge on any atom is 0.290 e. The van der Waals surface area contributed by atoms with Crippen molar-refractivity contribution in [2.45, 2.75) is 38.6 Å². The van der Waals surface area contributed by atoms with E-state index in [2.05, 4.69) is 11.8 Å². The van der Waals surface area contributed by atoms with E-state index < -0.39 is 6.04 Å². The molecule has 190 valence electrons. The molecule has 0 aliphatic carbocycles. The summed E-state index contributed by atoms with van der Waals surface area (Å²) in [6, 6.07) is 14.4. The lowest BCUT2D eigenvalue weighted by Gasteiger charge is -2.29. The van der Waals surface area contributed by atoms with Crippen LogP contribution in [0.15, 0.2) is 57.7 Å². The van der Waals surface area contributed by atoms with Crippen LogP contribution in [0.5, 0.6) is 5.75 Å². The second-order valence-corrected chi connectivity index (χ2v) is 9.51. The van der Waals surface area contributed by atoms with Gasteiger partial charge in [0.1, 0.15) is 11.3 Å². The van der Waals surface area contributed by atoms with Crippen LogP contribution in [0.2, 0.25) is 0 Å². The Hall–Kier alpha value is -3.16. The summed E-state index contributed by atoms with van der Waals surface area (Å²) in [5.74, 6) is 0.682. The molecule has 3 aromatic rings. The van der Waals surface area contributed by atoms with Gasteiger partial charge >= 0.3 is 0 Å². The Kier molecular flexibility index (Phi) is 7.68. The van der Waals surface area contributed by atoms with Crippen LogP contribution in [0.3, 0.4) is 0 Å². The fourth-order valence-electron chi connectivity index (χ4n) is 5.15. The third kappa shape index (κ3) is 5.04. The predicted octanol–water partition coefficient (Wildman–Crippen LogP) is 4.63. The van der Waals surface area contributed by atoms with Gasteiger partial charge < -0.3 is 18.8 Å². The topological polar surface area (TPSA) is 72.2 Å². The van der Waals surface area contributed by atoms with E-state index in [9.17, 15) is 9.59 Å². The first-order valence-electron chi connectivity index (χ1n) is 13.1. The zero-order valence-electron chi connectivity index (χ0n) is 20.9. The molecule has 1 amide bonds. The summed E-state index contributed by atoms with van der Waals surface area (Å²) in [5, 5.41) is 0.496. The molecule has 0 saturated carbocycles. The summed E-state index contributed by atoms with van der Waals surface area (Å²) in [6.45, 7) is 7.51. The summed E-state index contributed by atoms with van der Waals surface area (Å²) in [6.07, 6.45) is 4.05. The Morgan fingerprint density at radius 2 is 1.81 bits per heavy atom. The number of carbonyl (C=O) groups excluding carboxylic acids is 1. The maximum atomic E-state index is 13.7. The molecule has 7 heteroatoms. The molecule has 7 nitrogen and oxygen atoms in total. The van der Waals surface area contributed by atoms with E-state index >= 15 is 0 Å². The van der Waals surface area contributed by atoms with E-state index in [-0.39, 0.29) is 17.1 Å². The van der Waals surface area contributed by atoms with Gasteiger partial charge in [-0.3, -0.25) is 14.5 Å². The monoisotopic (exact) mass is 490 g/mol. The minimum Gasteiger partial charge on any atom is -0.494 e. The molecule has 36 heavy (non-hydrogen) atoms. The Labute approximate surface area is 211 Å². The van der Waals surface area contributed by atoms with Crippen LogP contribution in [-0.4, -0.2) is 61.7 Å². The van der Waals surface area contributed by atoms with E-state index in [4.69, 9.17) is 13.9 Å². The van der Waals surface area contributed by atoms with Crippen molar-refractivity contribution in [2.24, 2.45) is 0 Å². The second kappa shape index (κ2) is 11.3. The lowest BCUT2D eigenvalue weighted by Crippen LogP contribution is -2.38. The van der Waals surface area contributed by atoms with Crippen LogP contribution in [0.25, 0.3) is 11.0 Å². The van der Waals surface area contributed by atoms with Gasteiger partial charge in [-0.15, -0.1) is 0 Å². The molecule has 1 aromatic heterocycles. The van der Waals surface area contributed by atoms with Crippen molar-refractivity contribution in [3.63, 3.8) is 0 Å². The molecule has 1 saturated heterocycles. The molecule has 2 aromatic carbocycles. The van der Waals surface area contributed by atoms with Gasteiger partial charge in [-0.25, -0.2) is 0 Å². The highest BCUT2D eigenvalue weighted by molar-refractivity contribution is 5.99. The van der Waals surface area contributed by atoms with E-state index in [1.54, 1.807) is 17.0 Å². The number of hydrogen-bond donors (Lipinski definition) is 0. The number of benzene rings is 2. The Morgan fingerprint density at radius 3 is 2.64 bits per heavy atom. The van der Waals surface area contributed by atoms with E-state index in [1.165, 1.54) is 0 Å². The number of nitrogens with zero attached hydrogens (tertiary/aromatic N) is 2. The molecule has 2 aliphatic heterocycles. The van der Waals surface area contributed by atoms with Gasteiger partial charge in [-0.2, -0.15) is 0 Å². The quantitative estimate of drug-likeness (QED) is 0.386. The molecule has 0 radical (unpaired) electrons. The number of hydrogen-bond acceptors (Lipinski definition) is 6. The minimum absolute atomic E-state index is 0.143. The molecule has 0 unspecified atom stereocenters. The molecule has 0 bridgehead atoms. The van der Waals surface area contributed by atoms with Gasteiger partial charge in [0.05, 0.1) is 36.8 Å². The fourth-order valence-corrected chi connectivity index (χ4v) is 5.15. The number of carbonyl (C=O) groups is 1. The molecule has 1 fully saturated rings. The zero-order chi connectivity index (χ0) is 24.9. The van der Waals surface area contributed by atoms with Crippen molar-refractivity contribution in [3.8, 4) is 5.75 Å². The second-order valence-electron chi connectivity index (χ2n) is 9.51. The first-order chi connectivity index (χ1) is 17.7. The summed E-state index contributed by atoms with van der Waals surface area (Å²) < 4.78 is 17.5. The van der Waals surface area contributed by atoms with E-state index in [0.29, 0.717) is 29.7 Å². The predicted molar refractivity (Wildman–Crippen MR) is 139 cm³/mol. The first kappa shape index (κ1) is 24.5. The Morgan fingerprint density at radius 1 is 0.972 bits per heavy atom. The highest BCUT2D eigenvalue weighted by atomic mass is 16.5. The van der Waals surface area contributed by atoms with E-state index in [1.807, 2.05) is 36.4 Å². The average molecular weight is 491 g/mol. The number of ether oxygens (including phenoxy) is 2. The number of morpholine rings is 1. The normalized spacial score (nSPS) is 18.1. The first-order valence-corrected chi connectivity index (χ1v) is 13.1. The molecular weight excluding hydrogens is 456 g/mol. The highest BCUT2D eigenvalue weighted by Crippen LogP contribution is 2.39. The SMILES string of the molecule is CCCCCOc1cccc([C@H]2c3c(oc4ccccc4c3=O)C(=O)N2CCCN2CCOCC2)c1. The van der Waals surface area contributed by atoms with Gasteiger partial charge in [0.15, 0.2) is 5.43 Å². The fraction of sp³-hybridized carbons (Fsp3) is 0.448. The van der Waals surface area contributed by atoms with Gasteiger partial charge in [0, 0.05) is 26.2 Å². The number of para-hydroxylation sites is 1. The summed E-state index contributed by atoms with van der Waals surface area (Å²) in [5.41, 5.74) is 1.59. The summed E-state index contributed by atoms with van der Waals surface area (Å²) in [7, 11) is 0. The van der Waals surface area contributed by atoms with Gasteiger partial charge in [-0.05, 0) is 42.7 Å². The van der Waals surface area contributed by atoms with Crippen molar-refractivity contribution < 1.29 is 18.7 Å². The maximum absolute atomic E-state index is 13.7. The Balaban J connectivity index is 1.47. The highest BCUT2D eigenvalue weighted by Gasteiger charge is 2.42. The van der Waals surface area contributed by atoms with Crippen molar-refractivity contribution in [1.82, 2.24) is 9.80 Å². The van der Waals surface area contributed by atoms with Crippen LogP contribution in [0.4, 0.5) is 0 Å². The van der Waals surface area contributed by atoms with Gasteiger partial charge in [0.25, 0.3) is 5.91 Å². The average Bonchev–Trinajstić information content (AvgIpc) is 3.19. The minimum atomic E-state index is -0.503. The van der Waals surface area contributed by atoms with Crippen molar-refractivity contribution in [3.05, 3.63) is 75.6 Å². The molecule has 0 spiro atoms.